The molecule has 1 aromatic heterocycles. The molecule has 1 amide bonds. The van der Waals surface area contributed by atoms with E-state index in [1.807, 2.05) is 0 Å². The van der Waals surface area contributed by atoms with E-state index in [1.54, 1.807) is 0 Å². The smallest absolute Gasteiger partial charge is 0.370 e. The summed E-state index contributed by atoms with van der Waals surface area (Å²) in [5.41, 5.74) is -6.79. The Morgan fingerprint density at radius 3 is 1.94 bits per heavy atom. The van der Waals surface area contributed by atoms with Gasteiger partial charge in [0.05, 0.1) is 5.52 Å². The van der Waals surface area contributed by atoms with E-state index < -0.39 is 65.4 Å². The first-order valence-electron chi connectivity index (χ1n) is 9.82. The number of nitrogens with one attached hydrogen (secondary N) is 1. The van der Waals surface area contributed by atoms with Crippen LogP contribution in [-0.4, -0.2) is 119 Å². The standard InChI is InChI=1S/C18H24N4O12/c1-21-13(24)6-8(7-14(21,25)16(28,29)17(30,31)15(13,26)27)19-12(23)11-9-4-2-3-5-10(9)22(20-11)18(32,33)34/h2-5,8,24-34H,6-7H2,1H3,(H,19,23). The summed E-state index contributed by atoms with van der Waals surface area (Å²) in [6.45, 7) is 0. The second kappa shape index (κ2) is 6.88. The van der Waals surface area contributed by atoms with Crippen molar-refractivity contribution in [3.8, 4) is 0 Å². The molecule has 2 aromatic rings. The van der Waals surface area contributed by atoms with Crippen LogP contribution in [0.15, 0.2) is 24.3 Å². The van der Waals surface area contributed by atoms with Gasteiger partial charge in [-0.3, -0.25) is 4.79 Å². The Bertz CT molecular complexity index is 1120. The second-order valence-corrected chi connectivity index (χ2v) is 8.67. The lowest BCUT2D eigenvalue weighted by Crippen LogP contribution is -2.94. The minimum Gasteiger partial charge on any atom is -0.370 e. The molecule has 1 aromatic carbocycles. The first kappa shape index (κ1) is 24.8. The van der Waals surface area contributed by atoms with Crippen LogP contribution in [0.2, 0.25) is 0 Å². The maximum absolute atomic E-state index is 13.0. The van der Waals surface area contributed by atoms with Gasteiger partial charge in [-0.05, 0) is 13.1 Å². The summed E-state index contributed by atoms with van der Waals surface area (Å²) in [7, 11) is 0.855. The van der Waals surface area contributed by atoms with Crippen LogP contribution in [0.4, 0.5) is 0 Å². The fourth-order valence-electron chi connectivity index (χ4n) is 4.71. The molecule has 2 aliphatic heterocycles. The number of hydrogen-bond acceptors (Lipinski definition) is 14. The molecular weight excluding hydrogens is 464 g/mol. The highest BCUT2D eigenvalue weighted by Gasteiger charge is 2.85. The van der Waals surface area contributed by atoms with Crippen molar-refractivity contribution in [3.63, 3.8) is 0 Å². The highest BCUT2D eigenvalue weighted by molar-refractivity contribution is 6.05. The number of carbonyl (C=O) groups is 1. The van der Waals surface area contributed by atoms with E-state index in [0.29, 0.717) is 9.58 Å². The topological polar surface area (TPSA) is 273 Å². The van der Waals surface area contributed by atoms with Crippen molar-refractivity contribution >= 4 is 16.8 Å². The van der Waals surface area contributed by atoms with Gasteiger partial charge >= 0.3 is 6.10 Å². The second-order valence-electron chi connectivity index (χ2n) is 8.67. The molecule has 16 heteroatoms. The van der Waals surface area contributed by atoms with Crippen molar-refractivity contribution in [1.82, 2.24) is 20.0 Å². The Morgan fingerprint density at radius 2 is 1.44 bits per heavy atom. The molecule has 2 fully saturated rings. The van der Waals surface area contributed by atoms with Gasteiger partial charge in [0.15, 0.2) is 17.1 Å². The summed E-state index contributed by atoms with van der Waals surface area (Å²) in [5.74, 6) is -13.4. The largest absolute Gasteiger partial charge is 0.389 e. The Balaban J connectivity index is 1.74. The number of nitrogens with zero attached hydrogens (tertiary/aromatic N) is 3. The van der Waals surface area contributed by atoms with Gasteiger partial charge < -0.3 is 61.5 Å². The third-order valence-corrected chi connectivity index (χ3v) is 6.68. The van der Waals surface area contributed by atoms with Crippen molar-refractivity contribution in [2.24, 2.45) is 0 Å². The summed E-state index contributed by atoms with van der Waals surface area (Å²) in [4.78, 5) is 13.3. The number of hydrogen-bond donors (Lipinski definition) is 12. The first-order chi connectivity index (χ1) is 15.3. The summed E-state index contributed by atoms with van der Waals surface area (Å²) in [5, 5.41) is 118. The number of para-hydroxylation sites is 1. The zero-order valence-electron chi connectivity index (χ0n) is 17.5. The summed E-state index contributed by atoms with van der Waals surface area (Å²) in [6.07, 6.45) is -5.21. The van der Waals surface area contributed by atoms with Gasteiger partial charge in [-0.15, -0.1) is 0 Å². The molecule has 34 heavy (non-hydrogen) atoms. The molecule has 2 saturated heterocycles. The fourth-order valence-corrected chi connectivity index (χ4v) is 4.71. The molecule has 2 aliphatic rings. The normalized spacial score (nSPS) is 32.5. The van der Waals surface area contributed by atoms with Crippen LogP contribution >= 0.6 is 0 Å². The monoisotopic (exact) mass is 488 g/mol. The number of likely N-dealkylation sites (N-methyl/N-ethyl adjacent to an activating group) is 1. The van der Waals surface area contributed by atoms with Gasteiger partial charge in [-0.1, -0.05) is 18.2 Å². The minimum absolute atomic E-state index is 0.0362. The number of fused-ring (bicyclic) bond motifs is 3. The van der Waals surface area contributed by atoms with Crippen molar-refractivity contribution in [1.29, 1.82) is 0 Å². The molecule has 12 N–H and O–H groups in total. The maximum Gasteiger partial charge on any atom is 0.389 e. The van der Waals surface area contributed by atoms with Gasteiger partial charge in [-0.25, -0.2) is 4.90 Å². The molecule has 3 heterocycles. The molecule has 16 nitrogen and oxygen atoms in total. The van der Waals surface area contributed by atoms with Crippen molar-refractivity contribution < 1.29 is 61.0 Å². The fraction of sp³-hybridized carbons (Fsp3) is 0.556. The number of piperidine rings is 2. The number of amides is 1. The Labute approximate surface area is 189 Å². The Kier molecular flexibility index (Phi) is 5.02. The predicted octanol–water partition coefficient (Wildman–Crippen LogP) is -6.16. The van der Waals surface area contributed by atoms with Crippen LogP contribution in [0.3, 0.4) is 0 Å². The van der Waals surface area contributed by atoms with Gasteiger partial charge in [0.25, 0.3) is 23.3 Å². The molecule has 2 bridgehead atoms. The molecular formula is C18H24N4O12. The molecule has 2 atom stereocenters. The highest BCUT2D eigenvalue weighted by atomic mass is 16.7. The van der Waals surface area contributed by atoms with E-state index in [2.05, 4.69) is 10.4 Å². The van der Waals surface area contributed by atoms with Crippen LogP contribution in [0, 0.1) is 0 Å². The van der Waals surface area contributed by atoms with Crippen LogP contribution in [-0.2, 0) is 6.10 Å². The van der Waals surface area contributed by atoms with E-state index in [0.717, 1.165) is 7.05 Å². The zero-order valence-corrected chi connectivity index (χ0v) is 17.5. The van der Waals surface area contributed by atoms with Crippen LogP contribution < -0.4 is 5.32 Å². The van der Waals surface area contributed by atoms with Crippen molar-refractivity contribution in [3.05, 3.63) is 30.0 Å². The van der Waals surface area contributed by atoms with Gasteiger partial charge in [0.1, 0.15) is 0 Å². The lowest BCUT2D eigenvalue weighted by atomic mass is 9.67. The predicted molar refractivity (Wildman–Crippen MR) is 104 cm³/mol. The van der Waals surface area contributed by atoms with Crippen LogP contribution in [0.1, 0.15) is 23.3 Å². The summed E-state index contributed by atoms with van der Waals surface area (Å²) in [6, 6.07) is 4.14. The third kappa shape index (κ3) is 2.84. The third-order valence-electron chi connectivity index (χ3n) is 6.68. The van der Waals surface area contributed by atoms with Gasteiger partial charge in [0.2, 0.25) is 0 Å². The lowest BCUT2D eigenvalue weighted by molar-refractivity contribution is -0.575. The molecule has 188 valence electrons. The average molecular weight is 488 g/mol. The highest BCUT2D eigenvalue weighted by Crippen LogP contribution is 2.55. The van der Waals surface area contributed by atoms with Crippen molar-refractivity contribution in [2.75, 3.05) is 7.05 Å². The van der Waals surface area contributed by atoms with E-state index >= 15 is 0 Å². The SMILES string of the molecule is CN1C2(O)CC(NC(=O)c3nn(C(O)(O)O)c4ccccc34)CC1(O)C(O)(O)C(O)(O)C2(O)O. The number of carbonyl (C=O) groups excluding carboxylic acids is 1. The minimum atomic E-state index is -4.24. The average Bonchev–Trinajstić information content (AvgIpc) is 3.11. The van der Waals surface area contributed by atoms with Crippen LogP contribution in [0.5, 0.6) is 0 Å². The van der Waals surface area contributed by atoms with E-state index in [1.165, 1.54) is 24.3 Å². The number of rotatable bonds is 3. The zero-order chi connectivity index (χ0) is 25.7. The number of benzene rings is 1. The van der Waals surface area contributed by atoms with E-state index in [-0.39, 0.29) is 10.9 Å². The molecule has 0 spiro atoms. The molecule has 2 unspecified atom stereocenters. The number of aliphatic hydroxyl groups is 11. The quantitative estimate of drug-likeness (QED) is 0.179. The van der Waals surface area contributed by atoms with Gasteiger partial charge in [-0.2, -0.15) is 9.78 Å². The van der Waals surface area contributed by atoms with E-state index in [4.69, 9.17) is 0 Å². The Morgan fingerprint density at radius 1 is 0.941 bits per heavy atom. The Hall–Kier alpha value is -2.32. The van der Waals surface area contributed by atoms with Gasteiger partial charge in [0, 0.05) is 24.3 Å². The molecule has 0 radical (unpaired) electrons. The molecule has 0 saturated carbocycles. The maximum atomic E-state index is 13.0. The summed E-state index contributed by atoms with van der Waals surface area (Å²) >= 11 is 0. The lowest BCUT2D eigenvalue weighted by Gasteiger charge is -2.67. The van der Waals surface area contributed by atoms with Crippen molar-refractivity contribution in [2.45, 2.75) is 53.8 Å². The first-order valence-corrected chi connectivity index (χ1v) is 9.82. The number of aromatic nitrogens is 2. The van der Waals surface area contributed by atoms with Crippen LogP contribution in [0.25, 0.3) is 10.9 Å². The molecule has 4 rings (SSSR count). The van der Waals surface area contributed by atoms with E-state index in [9.17, 15) is 61.0 Å². The summed E-state index contributed by atoms with van der Waals surface area (Å²) < 4.78 is 0.326. The molecule has 0 aliphatic carbocycles.